The van der Waals surface area contributed by atoms with Gasteiger partial charge in [-0.05, 0) is 61.8 Å². The van der Waals surface area contributed by atoms with Crippen molar-refractivity contribution in [2.75, 3.05) is 0 Å². The molecule has 4 aliphatic rings. The van der Waals surface area contributed by atoms with Crippen molar-refractivity contribution in [3.8, 4) is 6.07 Å². The van der Waals surface area contributed by atoms with Gasteiger partial charge in [-0.2, -0.15) is 5.26 Å². The third-order valence-corrected chi connectivity index (χ3v) is 6.20. The fourth-order valence-corrected chi connectivity index (χ4v) is 5.88. The maximum atomic E-state index is 12.4. The average Bonchev–Trinajstić information content (AvgIpc) is 2.50. The summed E-state index contributed by atoms with van der Waals surface area (Å²) in [6, 6.07) is 9.33. The highest BCUT2D eigenvalue weighted by molar-refractivity contribution is 5.70. The molecule has 5 rings (SSSR count). The monoisotopic (exact) mass is 325 g/mol. The Balaban J connectivity index is 1.41. The van der Waals surface area contributed by atoms with Gasteiger partial charge in [0.05, 0.1) is 23.7 Å². The molecule has 0 aromatic heterocycles. The number of hydrogen-bond donors (Lipinski definition) is 1. The van der Waals surface area contributed by atoms with E-state index in [9.17, 15) is 9.90 Å². The zero-order valence-electron chi connectivity index (χ0n) is 13.8. The standard InChI is InChI=1S/C20H23NO3/c21-11-16-3-1-2-4-17(16)12-24-18(22)10-19-6-14-5-15(7-19)9-20(23,8-14)13-19/h1-4,14-15,23H,5-10,12-13H2. The van der Waals surface area contributed by atoms with Crippen molar-refractivity contribution in [2.45, 2.75) is 57.2 Å². The number of rotatable bonds is 4. The highest BCUT2D eigenvalue weighted by atomic mass is 16.5. The molecule has 0 heterocycles. The molecule has 24 heavy (non-hydrogen) atoms. The summed E-state index contributed by atoms with van der Waals surface area (Å²) in [6.07, 6.45) is 6.29. The smallest absolute Gasteiger partial charge is 0.306 e. The van der Waals surface area contributed by atoms with Crippen molar-refractivity contribution in [2.24, 2.45) is 17.3 Å². The van der Waals surface area contributed by atoms with Gasteiger partial charge in [0, 0.05) is 5.56 Å². The van der Waals surface area contributed by atoms with Gasteiger partial charge in [0.1, 0.15) is 6.61 Å². The first-order chi connectivity index (χ1) is 11.5. The minimum atomic E-state index is -0.544. The van der Waals surface area contributed by atoms with Gasteiger partial charge in [0.25, 0.3) is 0 Å². The zero-order chi connectivity index (χ0) is 16.8. The summed E-state index contributed by atoms with van der Waals surface area (Å²) >= 11 is 0. The second-order valence-corrected chi connectivity index (χ2v) is 8.29. The molecule has 0 spiro atoms. The summed E-state index contributed by atoms with van der Waals surface area (Å²) in [4.78, 5) is 12.4. The Hall–Kier alpha value is -1.86. The average molecular weight is 325 g/mol. The molecule has 1 N–H and O–H groups in total. The van der Waals surface area contributed by atoms with Crippen LogP contribution in [0.15, 0.2) is 24.3 Å². The SMILES string of the molecule is N#Cc1ccccc1COC(=O)CC12CC3CC(CC(O)(C3)C1)C2. The number of carbonyl (C=O) groups is 1. The van der Waals surface area contributed by atoms with E-state index in [1.165, 1.54) is 6.42 Å². The molecule has 2 unspecified atom stereocenters. The maximum absolute atomic E-state index is 12.4. The second-order valence-electron chi connectivity index (χ2n) is 8.29. The number of benzene rings is 1. The Kier molecular flexibility index (Phi) is 3.65. The molecule has 0 aliphatic heterocycles. The number of nitriles is 1. The summed E-state index contributed by atoms with van der Waals surface area (Å²) in [5.74, 6) is 0.944. The van der Waals surface area contributed by atoms with Crippen molar-refractivity contribution in [3.63, 3.8) is 0 Å². The predicted molar refractivity (Wildman–Crippen MR) is 87.6 cm³/mol. The Morgan fingerprint density at radius 1 is 1.25 bits per heavy atom. The molecule has 1 aromatic carbocycles. The van der Waals surface area contributed by atoms with E-state index in [0.29, 0.717) is 23.8 Å². The maximum Gasteiger partial charge on any atom is 0.306 e. The number of ether oxygens (including phenoxy) is 1. The fraction of sp³-hybridized carbons (Fsp3) is 0.600. The molecule has 4 saturated carbocycles. The fourth-order valence-electron chi connectivity index (χ4n) is 5.88. The largest absolute Gasteiger partial charge is 0.461 e. The van der Waals surface area contributed by atoms with Gasteiger partial charge in [-0.1, -0.05) is 18.2 Å². The quantitative estimate of drug-likeness (QED) is 0.862. The van der Waals surface area contributed by atoms with Crippen LogP contribution in [0.25, 0.3) is 0 Å². The number of nitrogens with zero attached hydrogens (tertiary/aromatic N) is 1. The van der Waals surface area contributed by atoms with Crippen molar-refractivity contribution in [1.29, 1.82) is 5.26 Å². The lowest BCUT2D eigenvalue weighted by molar-refractivity contribution is -0.177. The van der Waals surface area contributed by atoms with Crippen LogP contribution < -0.4 is 0 Å². The zero-order valence-corrected chi connectivity index (χ0v) is 13.8. The van der Waals surface area contributed by atoms with Crippen LogP contribution in [0.2, 0.25) is 0 Å². The topological polar surface area (TPSA) is 70.3 Å². The predicted octanol–water partition coefficient (Wildman–Crippen LogP) is 3.32. The molecule has 4 aliphatic carbocycles. The lowest BCUT2D eigenvalue weighted by atomic mass is 9.47. The van der Waals surface area contributed by atoms with Gasteiger partial charge >= 0.3 is 5.97 Å². The van der Waals surface area contributed by atoms with E-state index in [2.05, 4.69) is 6.07 Å². The molecule has 126 valence electrons. The first-order valence-corrected chi connectivity index (χ1v) is 8.85. The molecule has 2 atom stereocenters. The van der Waals surface area contributed by atoms with Gasteiger partial charge in [0.15, 0.2) is 0 Å². The Morgan fingerprint density at radius 3 is 2.62 bits per heavy atom. The van der Waals surface area contributed by atoms with E-state index >= 15 is 0 Å². The molecule has 4 fully saturated rings. The lowest BCUT2D eigenvalue weighted by Crippen LogP contribution is -2.56. The molecular formula is C20H23NO3. The highest BCUT2D eigenvalue weighted by Crippen LogP contribution is 2.62. The Bertz CT molecular complexity index is 691. The lowest BCUT2D eigenvalue weighted by Gasteiger charge is -2.60. The van der Waals surface area contributed by atoms with E-state index in [1.807, 2.05) is 12.1 Å². The molecule has 0 radical (unpaired) electrons. The van der Waals surface area contributed by atoms with Crippen LogP contribution in [-0.2, 0) is 16.1 Å². The molecule has 0 saturated heterocycles. The van der Waals surface area contributed by atoms with E-state index in [0.717, 1.165) is 37.7 Å². The van der Waals surface area contributed by atoms with Crippen LogP contribution in [0.5, 0.6) is 0 Å². The van der Waals surface area contributed by atoms with Gasteiger partial charge in [-0.3, -0.25) is 4.79 Å². The van der Waals surface area contributed by atoms with Crippen LogP contribution in [-0.4, -0.2) is 16.7 Å². The number of hydrogen-bond acceptors (Lipinski definition) is 4. The number of aliphatic hydroxyl groups is 1. The summed E-state index contributed by atoms with van der Waals surface area (Å²) < 4.78 is 5.47. The van der Waals surface area contributed by atoms with Crippen molar-refractivity contribution in [1.82, 2.24) is 0 Å². The van der Waals surface area contributed by atoms with E-state index in [1.54, 1.807) is 12.1 Å². The minimum Gasteiger partial charge on any atom is -0.461 e. The summed E-state index contributed by atoms with van der Waals surface area (Å²) in [5, 5.41) is 19.9. The first kappa shape index (κ1) is 15.7. The molecule has 0 amide bonds. The molecule has 4 nitrogen and oxygen atoms in total. The third kappa shape index (κ3) is 2.82. The molecular weight excluding hydrogens is 302 g/mol. The normalized spacial score (nSPS) is 36.3. The third-order valence-electron chi connectivity index (χ3n) is 6.20. The highest BCUT2D eigenvalue weighted by Gasteiger charge is 2.57. The van der Waals surface area contributed by atoms with Gasteiger partial charge in [-0.25, -0.2) is 0 Å². The van der Waals surface area contributed by atoms with Crippen LogP contribution >= 0.6 is 0 Å². The number of esters is 1. The molecule has 4 heteroatoms. The second kappa shape index (κ2) is 5.60. The molecule has 4 bridgehead atoms. The Morgan fingerprint density at radius 2 is 1.96 bits per heavy atom. The summed E-state index contributed by atoms with van der Waals surface area (Å²) in [7, 11) is 0. The van der Waals surface area contributed by atoms with Gasteiger partial charge in [-0.15, -0.1) is 0 Å². The van der Waals surface area contributed by atoms with E-state index < -0.39 is 5.60 Å². The summed E-state index contributed by atoms with van der Waals surface area (Å²) in [6.45, 7) is 0.149. The van der Waals surface area contributed by atoms with Gasteiger partial charge in [0.2, 0.25) is 0 Å². The van der Waals surface area contributed by atoms with Crippen LogP contribution in [0.1, 0.15) is 56.1 Å². The first-order valence-electron chi connectivity index (χ1n) is 8.85. The van der Waals surface area contributed by atoms with Crippen LogP contribution in [0, 0.1) is 28.6 Å². The van der Waals surface area contributed by atoms with Crippen LogP contribution in [0.3, 0.4) is 0 Å². The van der Waals surface area contributed by atoms with E-state index in [-0.39, 0.29) is 18.0 Å². The Labute approximate surface area is 142 Å². The molecule has 1 aromatic rings. The van der Waals surface area contributed by atoms with Crippen molar-refractivity contribution >= 4 is 5.97 Å². The minimum absolute atomic E-state index is 0.0648. The number of carbonyl (C=O) groups excluding carboxylic acids is 1. The summed E-state index contributed by atoms with van der Waals surface area (Å²) in [5.41, 5.74) is 0.689. The van der Waals surface area contributed by atoms with Crippen molar-refractivity contribution < 1.29 is 14.6 Å². The van der Waals surface area contributed by atoms with Crippen molar-refractivity contribution in [3.05, 3.63) is 35.4 Å². The van der Waals surface area contributed by atoms with Gasteiger partial charge < -0.3 is 9.84 Å². The van der Waals surface area contributed by atoms with Crippen LogP contribution in [0.4, 0.5) is 0 Å². The van der Waals surface area contributed by atoms with E-state index in [4.69, 9.17) is 10.00 Å².